The minimum Gasteiger partial charge on any atom is -0.387 e. The molecule has 0 amide bonds. The molecule has 2 fully saturated rings. The lowest BCUT2D eigenvalue weighted by atomic mass is 9.97. The molecule has 2 aliphatic rings. The summed E-state index contributed by atoms with van der Waals surface area (Å²) >= 11 is 0. The molecule has 0 aromatic carbocycles. The van der Waals surface area contributed by atoms with Gasteiger partial charge in [0, 0.05) is 7.11 Å². The van der Waals surface area contributed by atoms with Gasteiger partial charge in [0.15, 0.2) is 6.29 Å². The van der Waals surface area contributed by atoms with E-state index in [4.69, 9.17) is 18.9 Å². The van der Waals surface area contributed by atoms with Crippen LogP contribution in [0, 0.1) is 0 Å². The summed E-state index contributed by atoms with van der Waals surface area (Å²) in [4.78, 5) is 0. The quantitative estimate of drug-likeness (QED) is 0.560. The van der Waals surface area contributed by atoms with Crippen LogP contribution in [0.4, 0.5) is 0 Å². The van der Waals surface area contributed by atoms with E-state index in [2.05, 4.69) is 0 Å². The van der Waals surface area contributed by atoms with Gasteiger partial charge in [-0.15, -0.1) is 0 Å². The second kappa shape index (κ2) is 4.32. The number of hydrogen-bond acceptors (Lipinski definition) is 6. The minimum absolute atomic E-state index is 0.199. The fraction of sp³-hybridized carbons (Fsp3) is 1.00. The van der Waals surface area contributed by atoms with Crippen molar-refractivity contribution < 1.29 is 29.2 Å². The average molecular weight is 220 g/mol. The molecule has 6 nitrogen and oxygen atoms in total. The highest BCUT2D eigenvalue weighted by molar-refractivity contribution is 5.00. The Morgan fingerprint density at radius 3 is 2.27 bits per heavy atom. The Balaban J connectivity index is 2.13. The summed E-state index contributed by atoms with van der Waals surface area (Å²) in [7, 11) is 1.41. The topological polar surface area (TPSA) is 77.4 Å². The van der Waals surface area contributed by atoms with Gasteiger partial charge in [-0.05, 0) is 0 Å². The smallest absolute Gasteiger partial charge is 0.186 e. The van der Waals surface area contributed by atoms with Crippen molar-refractivity contribution in [2.24, 2.45) is 0 Å². The zero-order valence-electron chi connectivity index (χ0n) is 8.59. The number of ether oxygens (including phenoxy) is 4. The summed E-state index contributed by atoms with van der Waals surface area (Å²) in [5.41, 5.74) is -1.00. The Kier molecular flexibility index (Phi) is 3.24. The van der Waals surface area contributed by atoms with E-state index in [9.17, 15) is 10.2 Å². The molecular formula is C9H16O6. The Labute approximate surface area is 87.7 Å². The van der Waals surface area contributed by atoms with Gasteiger partial charge in [-0.2, -0.15) is 0 Å². The van der Waals surface area contributed by atoms with Crippen LogP contribution >= 0.6 is 0 Å². The first kappa shape index (κ1) is 11.3. The van der Waals surface area contributed by atoms with Gasteiger partial charge in [0.2, 0.25) is 0 Å². The van der Waals surface area contributed by atoms with Crippen molar-refractivity contribution in [2.75, 3.05) is 33.5 Å². The molecule has 0 aromatic rings. The Hall–Kier alpha value is -0.240. The minimum atomic E-state index is -1.07. The summed E-state index contributed by atoms with van der Waals surface area (Å²) in [6.45, 7) is 1.33. The summed E-state index contributed by atoms with van der Waals surface area (Å²) in [5, 5.41) is 19.5. The maximum atomic E-state index is 9.88. The second-order valence-electron chi connectivity index (χ2n) is 3.83. The SMILES string of the molecule is COC1OC2(COCCOC2)C(O)C1O. The van der Waals surface area contributed by atoms with Gasteiger partial charge in [0.1, 0.15) is 17.8 Å². The normalized spacial score (nSPS) is 40.6. The summed E-state index contributed by atoms with van der Waals surface area (Å²) in [6, 6.07) is 0. The molecule has 3 unspecified atom stereocenters. The second-order valence-corrected chi connectivity index (χ2v) is 3.83. The number of rotatable bonds is 1. The standard InChI is InChI=1S/C9H16O6/c1-12-8-6(10)7(11)9(15-8)4-13-2-3-14-5-9/h6-8,10-11H,2-5H2,1H3. The molecule has 2 aliphatic heterocycles. The monoisotopic (exact) mass is 220 g/mol. The van der Waals surface area contributed by atoms with E-state index in [1.807, 2.05) is 0 Å². The highest BCUT2D eigenvalue weighted by Gasteiger charge is 2.55. The molecule has 3 atom stereocenters. The largest absolute Gasteiger partial charge is 0.387 e. The predicted octanol–water partition coefficient (Wildman–Crippen LogP) is -1.50. The lowest BCUT2D eigenvalue weighted by Gasteiger charge is -2.28. The molecule has 6 heteroatoms. The highest BCUT2D eigenvalue weighted by atomic mass is 16.7. The van der Waals surface area contributed by atoms with Crippen molar-refractivity contribution in [1.29, 1.82) is 0 Å². The van der Waals surface area contributed by atoms with Crippen molar-refractivity contribution in [1.82, 2.24) is 0 Å². The third kappa shape index (κ3) is 1.89. The molecule has 0 aromatic heterocycles. The fourth-order valence-corrected chi connectivity index (χ4v) is 1.91. The van der Waals surface area contributed by atoms with Crippen LogP contribution in [0.2, 0.25) is 0 Å². The van der Waals surface area contributed by atoms with Gasteiger partial charge < -0.3 is 29.2 Å². The van der Waals surface area contributed by atoms with Crippen molar-refractivity contribution >= 4 is 0 Å². The Morgan fingerprint density at radius 1 is 1.20 bits per heavy atom. The van der Waals surface area contributed by atoms with Crippen LogP contribution in [0.15, 0.2) is 0 Å². The lowest BCUT2D eigenvalue weighted by molar-refractivity contribution is -0.198. The first-order valence-electron chi connectivity index (χ1n) is 4.92. The number of methoxy groups -OCH3 is 1. The van der Waals surface area contributed by atoms with Gasteiger partial charge in [-0.1, -0.05) is 0 Å². The molecule has 0 saturated carbocycles. The molecular weight excluding hydrogens is 204 g/mol. The van der Waals surface area contributed by atoms with Crippen LogP contribution in [-0.2, 0) is 18.9 Å². The van der Waals surface area contributed by atoms with Gasteiger partial charge in [-0.3, -0.25) is 0 Å². The van der Waals surface area contributed by atoms with E-state index >= 15 is 0 Å². The third-order valence-electron chi connectivity index (χ3n) is 2.79. The van der Waals surface area contributed by atoms with Crippen molar-refractivity contribution in [3.8, 4) is 0 Å². The first-order valence-corrected chi connectivity index (χ1v) is 4.92. The summed E-state index contributed by atoms with van der Waals surface area (Å²) < 4.78 is 20.9. The fourth-order valence-electron chi connectivity index (χ4n) is 1.91. The predicted molar refractivity (Wildman–Crippen MR) is 48.3 cm³/mol. The Morgan fingerprint density at radius 2 is 1.80 bits per heavy atom. The van der Waals surface area contributed by atoms with E-state index in [0.29, 0.717) is 13.2 Å². The van der Waals surface area contributed by atoms with Crippen molar-refractivity contribution in [3.63, 3.8) is 0 Å². The molecule has 2 rings (SSSR count). The Bertz CT molecular complexity index is 213. The average Bonchev–Trinajstić information content (AvgIpc) is 2.47. The maximum Gasteiger partial charge on any atom is 0.186 e. The van der Waals surface area contributed by atoms with E-state index in [0.717, 1.165) is 0 Å². The molecule has 88 valence electrons. The zero-order valence-corrected chi connectivity index (χ0v) is 8.59. The van der Waals surface area contributed by atoms with Crippen LogP contribution in [-0.4, -0.2) is 67.8 Å². The van der Waals surface area contributed by atoms with E-state index in [1.54, 1.807) is 0 Å². The van der Waals surface area contributed by atoms with Gasteiger partial charge >= 0.3 is 0 Å². The summed E-state index contributed by atoms with van der Waals surface area (Å²) in [6.07, 6.45) is -2.95. The lowest BCUT2D eigenvalue weighted by Crippen LogP contribution is -2.49. The number of aliphatic hydroxyl groups is 2. The van der Waals surface area contributed by atoms with Crippen LogP contribution in [0.3, 0.4) is 0 Å². The van der Waals surface area contributed by atoms with E-state index in [-0.39, 0.29) is 13.2 Å². The zero-order chi connectivity index (χ0) is 10.9. The molecule has 2 N–H and O–H groups in total. The van der Waals surface area contributed by atoms with Gasteiger partial charge in [0.25, 0.3) is 0 Å². The molecule has 1 spiro atoms. The molecule has 0 bridgehead atoms. The number of hydrogen-bond donors (Lipinski definition) is 2. The van der Waals surface area contributed by atoms with Crippen molar-refractivity contribution in [3.05, 3.63) is 0 Å². The molecule has 0 aliphatic carbocycles. The van der Waals surface area contributed by atoms with Gasteiger partial charge in [0.05, 0.1) is 26.4 Å². The van der Waals surface area contributed by atoms with E-state index < -0.39 is 24.1 Å². The molecule has 2 saturated heterocycles. The summed E-state index contributed by atoms with van der Waals surface area (Å²) in [5.74, 6) is 0. The molecule has 2 heterocycles. The third-order valence-corrected chi connectivity index (χ3v) is 2.79. The van der Waals surface area contributed by atoms with Crippen LogP contribution in [0.25, 0.3) is 0 Å². The van der Waals surface area contributed by atoms with Crippen LogP contribution in [0.1, 0.15) is 0 Å². The first-order chi connectivity index (χ1) is 7.19. The van der Waals surface area contributed by atoms with E-state index in [1.165, 1.54) is 7.11 Å². The van der Waals surface area contributed by atoms with Crippen LogP contribution in [0.5, 0.6) is 0 Å². The van der Waals surface area contributed by atoms with Crippen LogP contribution < -0.4 is 0 Å². The maximum absolute atomic E-state index is 9.88. The van der Waals surface area contributed by atoms with Crippen molar-refractivity contribution in [2.45, 2.75) is 24.1 Å². The van der Waals surface area contributed by atoms with Gasteiger partial charge in [-0.25, -0.2) is 0 Å². The highest BCUT2D eigenvalue weighted by Crippen LogP contribution is 2.33. The number of aliphatic hydroxyl groups excluding tert-OH is 2. The molecule has 15 heavy (non-hydrogen) atoms. The molecule has 0 radical (unpaired) electrons.